The van der Waals surface area contributed by atoms with Crippen LogP contribution in [0.3, 0.4) is 0 Å². The van der Waals surface area contributed by atoms with Gasteiger partial charge < -0.3 is 10.2 Å². The van der Waals surface area contributed by atoms with E-state index in [2.05, 4.69) is 55.9 Å². The molecule has 2 heterocycles. The number of likely N-dealkylation sites (tertiary alicyclic amines) is 1. The van der Waals surface area contributed by atoms with Gasteiger partial charge in [0.05, 0.1) is 6.04 Å². The van der Waals surface area contributed by atoms with Gasteiger partial charge in [-0.05, 0) is 69.2 Å². The zero-order chi connectivity index (χ0) is 18.4. The highest BCUT2D eigenvalue weighted by Crippen LogP contribution is 2.30. The minimum Gasteiger partial charge on any atom is -0.349 e. The lowest BCUT2D eigenvalue weighted by molar-refractivity contribution is -0.123. The van der Waals surface area contributed by atoms with Crippen LogP contribution in [0.15, 0.2) is 24.5 Å². The molecule has 1 aliphatic heterocycles. The number of hydrogen-bond acceptors (Lipinski definition) is 3. The fourth-order valence-electron chi connectivity index (χ4n) is 3.64. The van der Waals surface area contributed by atoms with E-state index in [9.17, 15) is 4.79 Å². The third-order valence-corrected chi connectivity index (χ3v) is 5.09. The van der Waals surface area contributed by atoms with Gasteiger partial charge in [0.2, 0.25) is 5.91 Å². The zero-order valence-corrected chi connectivity index (χ0v) is 16.6. The van der Waals surface area contributed by atoms with Crippen LogP contribution >= 0.6 is 0 Å². The summed E-state index contributed by atoms with van der Waals surface area (Å²) in [6.07, 6.45) is 7.47. The second-order valence-corrected chi connectivity index (χ2v) is 8.95. The van der Waals surface area contributed by atoms with Crippen molar-refractivity contribution in [3.05, 3.63) is 30.1 Å². The number of aromatic nitrogens is 1. The summed E-state index contributed by atoms with van der Waals surface area (Å²) in [7, 11) is 0. The van der Waals surface area contributed by atoms with Crippen molar-refractivity contribution in [3.63, 3.8) is 0 Å². The number of carbonyl (C=O) groups excluding carboxylic acids is 1. The third-order valence-electron chi connectivity index (χ3n) is 5.09. The number of carbonyl (C=O) groups is 1. The van der Waals surface area contributed by atoms with Gasteiger partial charge in [-0.3, -0.25) is 9.78 Å². The van der Waals surface area contributed by atoms with Crippen LogP contribution in [0.25, 0.3) is 0 Å². The predicted octanol–water partition coefficient (Wildman–Crippen LogP) is 4.19. The number of pyridine rings is 1. The molecule has 25 heavy (non-hydrogen) atoms. The maximum atomic E-state index is 12.7. The Morgan fingerprint density at radius 1 is 1.32 bits per heavy atom. The molecule has 1 atom stereocenters. The summed E-state index contributed by atoms with van der Waals surface area (Å²) in [5.74, 6) is 0.695. The highest BCUT2D eigenvalue weighted by Gasteiger charge is 2.26. The minimum atomic E-state index is 0.0388. The second kappa shape index (κ2) is 8.79. The molecule has 1 aromatic heterocycles. The quantitative estimate of drug-likeness (QED) is 0.841. The Kier molecular flexibility index (Phi) is 7.00. The third kappa shape index (κ3) is 6.77. The number of rotatable bonds is 6. The molecule has 0 bridgehead atoms. The lowest BCUT2D eigenvalue weighted by atomic mass is 9.85. The van der Waals surface area contributed by atoms with E-state index in [1.165, 1.54) is 0 Å². The molecule has 2 rings (SSSR count). The van der Waals surface area contributed by atoms with Crippen molar-refractivity contribution in [2.75, 3.05) is 13.1 Å². The van der Waals surface area contributed by atoms with Crippen LogP contribution in [0.5, 0.6) is 0 Å². The summed E-state index contributed by atoms with van der Waals surface area (Å²) in [5.41, 5.74) is 1.25. The molecule has 1 saturated heterocycles. The summed E-state index contributed by atoms with van der Waals surface area (Å²) in [4.78, 5) is 19.4. The lowest BCUT2D eigenvalue weighted by Gasteiger charge is -2.34. The van der Waals surface area contributed by atoms with E-state index in [1.807, 2.05) is 12.3 Å². The molecule has 0 radical (unpaired) electrons. The van der Waals surface area contributed by atoms with Gasteiger partial charge in [-0.15, -0.1) is 0 Å². The topological polar surface area (TPSA) is 45.2 Å². The van der Waals surface area contributed by atoms with Crippen molar-refractivity contribution < 1.29 is 4.79 Å². The standard InChI is InChI=1S/C21H35N3O/c1-16(2)24-11-8-17(9-12-24)13-20(25)23-19(14-21(3,4)5)18-7-6-10-22-15-18/h6-7,10,15-17,19H,8-9,11-14H2,1-5H3,(H,23,25). The molecule has 1 amide bonds. The monoisotopic (exact) mass is 345 g/mol. The molecule has 4 heteroatoms. The number of nitrogens with zero attached hydrogens (tertiary/aromatic N) is 2. The van der Waals surface area contributed by atoms with E-state index in [4.69, 9.17) is 0 Å². The molecule has 1 aliphatic rings. The first-order valence-corrected chi connectivity index (χ1v) is 9.68. The first-order chi connectivity index (χ1) is 11.7. The molecule has 0 aliphatic carbocycles. The smallest absolute Gasteiger partial charge is 0.220 e. The summed E-state index contributed by atoms with van der Waals surface area (Å²) < 4.78 is 0. The zero-order valence-electron chi connectivity index (χ0n) is 16.6. The van der Waals surface area contributed by atoms with Crippen molar-refractivity contribution in [1.82, 2.24) is 15.2 Å². The van der Waals surface area contributed by atoms with Gasteiger partial charge in [-0.2, -0.15) is 0 Å². The van der Waals surface area contributed by atoms with Gasteiger partial charge in [0.1, 0.15) is 0 Å². The van der Waals surface area contributed by atoms with Gasteiger partial charge in [0, 0.05) is 24.9 Å². The van der Waals surface area contributed by atoms with E-state index in [0.29, 0.717) is 18.4 Å². The van der Waals surface area contributed by atoms with E-state index < -0.39 is 0 Å². The molecule has 0 aromatic carbocycles. The van der Waals surface area contributed by atoms with Crippen LogP contribution in [0.2, 0.25) is 0 Å². The maximum absolute atomic E-state index is 12.7. The number of amides is 1. The molecule has 0 saturated carbocycles. The summed E-state index contributed by atoms with van der Waals surface area (Å²) in [5, 5.41) is 3.28. The number of hydrogen-bond donors (Lipinski definition) is 1. The molecule has 140 valence electrons. The van der Waals surface area contributed by atoms with Crippen LogP contribution in [-0.4, -0.2) is 34.9 Å². The van der Waals surface area contributed by atoms with Gasteiger partial charge in [-0.1, -0.05) is 26.8 Å². The van der Waals surface area contributed by atoms with Gasteiger partial charge in [0.15, 0.2) is 0 Å². The molecule has 1 fully saturated rings. The van der Waals surface area contributed by atoms with Gasteiger partial charge in [0.25, 0.3) is 0 Å². The Balaban J connectivity index is 1.91. The number of piperidine rings is 1. The van der Waals surface area contributed by atoms with E-state index in [1.54, 1.807) is 6.20 Å². The predicted molar refractivity (Wildman–Crippen MR) is 103 cm³/mol. The first kappa shape index (κ1) is 19.9. The SMILES string of the molecule is CC(C)N1CCC(CC(=O)NC(CC(C)(C)C)c2cccnc2)CC1. The van der Waals surface area contributed by atoms with Crippen molar-refractivity contribution >= 4 is 5.91 Å². The van der Waals surface area contributed by atoms with Crippen LogP contribution in [0, 0.1) is 11.3 Å². The van der Waals surface area contributed by atoms with Crippen LogP contribution in [0.1, 0.15) is 71.9 Å². The Hall–Kier alpha value is -1.42. The molecular weight excluding hydrogens is 310 g/mol. The normalized spacial score (nSPS) is 18.3. The average molecular weight is 346 g/mol. The lowest BCUT2D eigenvalue weighted by Crippen LogP contribution is -2.40. The molecule has 1 N–H and O–H groups in total. The van der Waals surface area contributed by atoms with Crippen molar-refractivity contribution in [2.45, 2.75) is 72.4 Å². The summed E-state index contributed by atoms with van der Waals surface area (Å²) >= 11 is 0. The van der Waals surface area contributed by atoms with E-state index >= 15 is 0 Å². The highest BCUT2D eigenvalue weighted by molar-refractivity contribution is 5.76. The molecule has 1 unspecified atom stereocenters. The van der Waals surface area contributed by atoms with Crippen molar-refractivity contribution in [3.8, 4) is 0 Å². The largest absolute Gasteiger partial charge is 0.349 e. The second-order valence-electron chi connectivity index (χ2n) is 8.95. The Labute approximate surface area is 153 Å². The average Bonchev–Trinajstić information content (AvgIpc) is 2.54. The van der Waals surface area contributed by atoms with E-state index in [0.717, 1.165) is 37.9 Å². The molecule has 0 spiro atoms. The highest BCUT2D eigenvalue weighted by atomic mass is 16.1. The molecule has 1 aromatic rings. The van der Waals surface area contributed by atoms with Crippen LogP contribution in [-0.2, 0) is 4.79 Å². The Morgan fingerprint density at radius 2 is 2.00 bits per heavy atom. The minimum absolute atomic E-state index is 0.0388. The van der Waals surface area contributed by atoms with Gasteiger partial charge >= 0.3 is 0 Å². The number of nitrogens with one attached hydrogen (secondary N) is 1. The van der Waals surface area contributed by atoms with Crippen molar-refractivity contribution in [2.24, 2.45) is 11.3 Å². The maximum Gasteiger partial charge on any atom is 0.220 e. The molecule has 4 nitrogen and oxygen atoms in total. The van der Waals surface area contributed by atoms with Crippen LogP contribution < -0.4 is 5.32 Å². The summed E-state index contributed by atoms with van der Waals surface area (Å²) in [6, 6.07) is 4.65. The van der Waals surface area contributed by atoms with Gasteiger partial charge in [-0.25, -0.2) is 0 Å². The fraction of sp³-hybridized carbons (Fsp3) is 0.714. The Bertz CT molecular complexity index is 528. The first-order valence-electron chi connectivity index (χ1n) is 9.68. The van der Waals surface area contributed by atoms with E-state index in [-0.39, 0.29) is 17.4 Å². The fourth-order valence-corrected chi connectivity index (χ4v) is 3.64. The molecular formula is C21H35N3O. The Morgan fingerprint density at radius 3 is 2.52 bits per heavy atom. The van der Waals surface area contributed by atoms with Crippen LogP contribution in [0.4, 0.5) is 0 Å². The van der Waals surface area contributed by atoms with Crippen molar-refractivity contribution in [1.29, 1.82) is 0 Å². The summed E-state index contributed by atoms with van der Waals surface area (Å²) in [6.45, 7) is 13.4.